The van der Waals surface area contributed by atoms with Gasteiger partial charge < -0.3 is 10.2 Å². The highest BCUT2D eigenvalue weighted by atomic mass is 16.2. The van der Waals surface area contributed by atoms with Gasteiger partial charge in [-0.2, -0.15) is 5.10 Å². The number of amides is 2. The number of likely N-dealkylation sites (tertiary alicyclic amines) is 1. The molecule has 2 heterocycles. The number of carbonyl (C=O) groups is 2. The fourth-order valence-corrected chi connectivity index (χ4v) is 3.46. The lowest BCUT2D eigenvalue weighted by atomic mass is 10.1. The van der Waals surface area contributed by atoms with Crippen molar-refractivity contribution < 1.29 is 9.59 Å². The monoisotopic (exact) mass is 354 g/mol. The van der Waals surface area contributed by atoms with Gasteiger partial charge in [0.05, 0.1) is 17.9 Å². The summed E-state index contributed by atoms with van der Waals surface area (Å²) < 4.78 is 1.91. The third-order valence-electron chi connectivity index (χ3n) is 5.02. The van der Waals surface area contributed by atoms with Crippen molar-refractivity contribution in [3.63, 3.8) is 0 Å². The second kappa shape index (κ2) is 7.72. The van der Waals surface area contributed by atoms with Gasteiger partial charge in [0.25, 0.3) is 0 Å². The molecule has 1 unspecified atom stereocenters. The molecule has 0 bridgehead atoms. The molecular weight excluding hydrogens is 328 g/mol. The maximum atomic E-state index is 12.3. The minimum absolute atomic E-state index is 0.0414. The summed E-state index contributed by atoms with van der Waals surface area (Å²) in [6, 6.07) is 7.96. The normalized spacial score (nSPS) is 15.3. The molecule has 6 nitrogen and oxygen atoms in total. The molecule has 0 spiro atoms. The van der Waals surface area contributed by atoms with E-state index in [2.05, 4.69) is 23.4 Å². The quantitative estimate of drug-likeness (QED) is 0.867. The zero-order chi connectivity index (χ0) is 18.7. The molecule has 1 aliphatic rings. The maximum absolute atomic E-state index is 12.3. The fourth-order valence-electron chi connectivity index (χ4n) is 3.46. The van der Waals surface area contributed by atoms with E-state index < -0.39 is 0 Å². The van der Waals surface area contributed by atoms with Crippen molar-refractivity contribution >= 4 is 11.8 Å². The predicted molar refractivity (Wildman–Crippen MR) is 100 cm³/mol. The Morgan fingerprint density at radius 3 is 2.77 bits per heavy atom. The largest absolute Gasteiger partial charge is 0.349 e. The Bertz CT molecular complexity index is 812. The van der Waals surface area contributed by atoms with Crippen molar-refractivity contribution in [3.05, 3.63) is 47.3 Å². The molecule has 6 heteroatoms. The summed E-state index contributed by atoms with van der Waals surface area (Å²) in [5.74, 6) is 0.112. The summed E-state index contributed by atoms with van der Waals surface area (Å²) >= 11 is 0. The minimum atomic E-state index is -0.130. The molecule has 0 saturated carbocycles. The third kappa shape index (κ3) is 3.79. The molecule has 0 aliphatic carbocycles. The number of benzene rings is 1. The molecule has 1 aromatic heterocycles. The lowest BCUT2D eigenvalue weighted by Gasteiger charge is -2.17. The summed E-state index contributed by atoms with van der Waals surface area (Å²) in [6.45, 7) is 7.30. The van der Waals surface area contributed by atoms with Gasteiger partial charge in [-0.3, -0.25) is 9.59 Å². The zero-order valence-corrected chi connectivity index (χ0v) is 15.7. The molecule has 1 N–H and O–H groups in total. The first-order valence-electron chi connectivity index (χ1n) is 9.15. The molecule has 3 rings (SSSR count). The van der Waals surface area contributed by atoms with Gasteiger partial charge in [-0.1, -0.05) is 18.2 Å². The molecule has 0 radical (unpaired) electrons. The van der Waals surface area contributed by atoms with Gasteiger partial charge in [0.15, 0.2) is 0 Å². The maximum Gasteiger partial charge on any atom is 0.222 e. The highest BCUT2D eigenvalue weighted by Crippen LogP contribution is 2.22. The van der Waals surface area contributed by atoms with E-state index in [1.807, 2.05) is 42.9 Å². The Morgan fingerprint density at radius 2 is 2.08 bits per heavy atom. The van der Waals surface area contributed by atoms with Gasteiger partial charge in [0, 0.05) is 37.2 Å². The first kappa shape index (κ1) is 18.2. The van der Waals surface area contributed by atoms with Crippen molar-refractivity contribution in [1.82, 2.24) is 20.0 Å². The first-order chi connectivity index (χ1) is 12.5. The van der Waals surface area contributed by atoms with Crippen LogP contribution < -0.4 is 5.32 Å². The molecule has 1 fully saturated rings. The van der Waals surface area contributed by atoms with Crippen LogP contribution >= 0.6 is 0 Å². The topological polar surface area (TPSA) is 67.2 Å². The number of nitrogens with zero attached hydrogens (tertiary/aromatic N) is 3. The number of hydrogen-bond donors (Lipinski definition) is 1. The van der Waals surface area contributed by atoms with E-state index in [4.69, 9.17) is 0 Å². The highest BCUT2D eigenvalue weighted by Gasteiger charge is 2.21. The van der Waals surface area contributed by atoms with Crippen molar-refractivity contribution in [3.8, 4) is 5.69 Å². The van der Waals surface area contributed by atoms with E-state index >= 15 is 0 Å². The molecule has 1 aliphatic heterocycles. The van der Waals surface area contributed by atoms with E-state index in [9.17, 15) is 9.59 Å². The van der Waals surface area contributed by atoms with Gasteiger partial charge in [-0.05, 0) is 38.8 Å². The molecule has 1 atom stereocenters. The Balaban J connectivity index is 1.63. The molecular formula is C20H26N4O2. The van der Waals surface area contributed by atoms with Crippen LogP contribution in [0.4, 0.5) is 0 Å². The lowest BCUT2D eigenvalue weighted by Crippen LogP contribution is -2.32. The second-order valence-electron chi connectivity index (χ2n) is 6.91. The fraction of sp³-hybridized carbons (Fsp3) is 0.450. The SMILES string of the molecule is Cc1ccccc1-n1ncc(C(C)NC(=O)CCN2CCCC2=O)c1C. The minimum Gasteiger partial charge on any atom is -0.349 e. The summed E-state index contributed by atoms with van der Waals surface area (Å²) in [6.07, 6.45) is 3.65. The van der Waals surface area contributed by atoms with Crippen LogP contribution in [0.1, 0.15) is 49.0 Å². The smallest absolute Gasteiger partial charge is 0.222 e. The molecule has 2 aromatic rings. The van der Waals surface area contributed by atoms with Gasteiger partial charge in [0.1, 0.15) is 0 Å². The van der Waals surface area contributed by atoms with Crippen LogP contribution in [0.2, 0.25) is 0 Å². The Labute approximate surface area is 154 Å². The summed E-state index contributed by atoms with van der Waals surface area (Å²) in [7, 11) is 0. The molecule has 26 heavy (non-hydrogen) atoms. The highest BCUT2D eigenvalue weighted by molar-refractivity contribution is 5.80. The number of aromatic nitrogens is 2. The lowest BCUT2D eigenvalue weighted by molar-refractivity contribution is -0.128. The number of hydrogen-bond acceptors (Lipinski definition) is 3. The summed E-state index contributed by atoms with van der Waals surface area (Å²) in [5.41, 5.74) is 4.21. The third-order valence-corrected chi connectivity index (χ3v) is 5.02. The van der Waals surface area contributed by atoms with Crippen molar-refractivity contribution in [2.45, 2.75) is 46.1 Å². The van der Waals surface area contributed by atoms with Gasteiger partial charge >= 0.3 is 0 Å². The van der Waals surface area contributed by atoms with E-state index in [0.717, 1.165) is 35.5 Å². The van der Waals surface area contributed by atoms with E-state index in [1.165, 1.54) is 0 Å². The van der Waals surface area contributed by atoms with Crippen molar-refractivity contribution in [2.75, 3.05) is 13.1 Å². The number of para-hydroxylation sites is 1. The van der Waals surface area contributed by atoms with Crippen molar-refractivity contribution in [2.24, 2.45) is 0 Å². The van der Waals surface area contributed by atoms with Crippen LogP contribution in [-0.4, -0.2) is 39.6 Å². The number of rotatable bonds is 6. The van der Waals surface area contributed by atoms with E-state index in [-0.39, 0.29) is 17.9 Å². The molecule has 138 valence electrons. The number of nitrogens with one attached hydrogen (secondary N) is 1. The van der Waals surface area contributed by atoms with Crippen molar-refractivity contribution in [1.29, 1.82) is 0 Å². The van der Waals surface area contributed by atoms with Crippen LogP contribution in [0.15, 0.2) is 30.5 Å². The standard InChI is InChI=1S/C20H26N4O2/c1-14-7-4-5-8-18(14)24-16(3)17(13-21-24)15(2)22-19(25)10-12-23-11-6-9-20(23)26/h4-5,7-8,13,15H,6,9-12H2,1-3H3,(H,22,25). The van der Waals surface area contributed by atoms with Gasteiger partial charge in [0.2, 0.25) is 11.8 Å². The summed E-state index contributed by atoms with van der Waals surface area (Å²) in [5, 5.41) is 7.53. The van der Waals surface area contributed by atoms with Crippen LogP contribution in [0.5, 0.6) is 0 Å². The Kier molecular flexibility index (Phi) is 5.40. The zero-order valence-electron chi connectivity index (χ0n) is 15.7. The van der Waals surface area contributed by atoms with Crippen LogP contribution in [0.25, 0.3) is 5.69 Å². The van der Waals surface area contributed by atoms with Crippen LogP contribution in [-0.2, 0) is 9.59 Å². The Morgan fingerprint density at radius 1 is 1.31 bits per heavy atom. The predicted octanol–water partition coefficient (Wildman–Crippen LogP) is 2.68. The number of aryl methyl sites for hydroxylation is 1. The summed E-state index contributed by atoms with van der Waals surface area (Å²) in [4.78, 5) is 25.6. The number of carbonyl (C=O) groups excluding carboxylic acids is 2. The van der Waals surface area contributed by atoms with Crippen LogP contribution in [0.3, 0.4) is 0 Å². The van der Waals surface area contributed by atoms with Gasteiger partial charge in [-0.15, -0.1) is 0 Å². The molecule has 2 amide bonds. The van der Waals surface area contributed by atoms with E-state index in [0.29, 0.717) is 19.4 Å². The first-order valence-corrected chi connectivity index (χ1v) is 9.15. The molecule has 1 saturated heterocycles. The van der Waals surface area contributed by atoms with E-state index in [1.54, 1.807) is 4.90 Å². The second-order valence-corrected chi connectivity index (χ2v) is 6.91. The molecule has 1 aromatic carbocycles. The Hall–Kier alpha value is -2.63. The van der Waals surface area contributed by atoms with Gasteiger partial charge in [-0.25, -0.2) is 4.68 Å². The average Bonchev–Trinajstić information content (AvgIpc) is 3.19. The average molecular weight is 354 g/mol. The van der Waals surface area contributed by atoms with Crippen LogP contribution in [0, 0.1) is 13.8 Å².